The van der Waals surface area contributed by atoms with Crippen LogP contribution in [0.3, 0.4) is 0 Å². The molecule has 1 heterocycles. The molecule has 2 N–H and O–H groups in total. The van der Waals surface area contributed by atoms with Crippen molar-refractivity contribution in [1.29, 1.82) is 0 Å². The van der Waals surface area contributed by atoms with Crippen molar-refractivity contribution in [2.24, 2.45) is 5.92 Å². The van der Waals surface area contributed by atoms with Gasteiger partial charge in [-0.3, -0.25) is 0 Å². The van der Waals surface area contributed by atoms with Crippen LogP contribution in [0.5, 0.6) is 0 Å². The second-order valence-electron chi connectivity index (χ2n) is 4.83. The molecule has 13 heavy (non-hydrogen) atoms. The number of hydrogen-bond acceptors (Lipinski definition) is 3. The SMILES string of the molecule is C[C@H]1C[C@](C)(CO)O[C@](C)(CO)C1. The van der Waals surface area contributed by atoms with Gasteiger partial charge in [0.05, 0.1) is 24.4 Å². The van der Waals surface area contributed by atoms with E-state index in [9.17, 15) is 10.2 Å². The highest BCUT2D eigenvalue weighted by Gasteiger charge is 2.42. The average Bonchev–Trinajstić information content (AvgIpc) is 2.02. The Kier molecular flexibility index (Phi) is 3.00. The van der Waals surface area contributed by atoms with Crippen LogP contribution in [0.25, 0.3) is 0 Å². The monoisotopic (exact) mass is 188 g/mol. The molecular formula is C10H20O3. The van der Waals surface area contributed by atoms with E-state index in [-0.39, 0.29) is 13.2 Å². The minimum absolute atomic E-state index is 0.0208. The van der Waals surface area contributed by atoms with Crippen LogP contribution in [0.4, 0.5) is 0 Å². The van der Waals surface area contributed by atoms with E-state index < -0.39 is 11.2 Å². The fraction of sp³-hybridized carbons (Fsp3) is 1.00. The zero-order valence-corrected chi connectivity index (χ0v) is 8.71. The molecule has 0 saturated carbocycles. The smallest absolute Gasteiger partial charge is 0.0895 e. The summed E-state index contributed by atoms with van der Waals surface area (Å²) in [5, 5.41) is 18.4. The zero-order chi connectivity index (χ0) is 10.1. The van der Waals surface area contributed by atoms with E-state index >= 15 is 0 Å². The Hall–Kier alpha value is -0.120. The number of hydrogen-bond donors (Lipinski definition) is 2. The lowest BCUT2D eigenvalue weighted by molar-refractivity contribution is -0.214. The molecule has 1 rings (SSSR count). The molecule has 0 aliphatic carbocycles. The Bertz CT molecular complexity index is 165. The molecule has 0 radical (unpaired) electrons. The summed E-state index contributed by atoms with van der Waals surface area (Å²) in [5.41, 5.74) is -0.954. The summed E-state index contributed by atoms with van der Waals surface area (Å²) in [5.74, 6) is 0.489. The minimum Gasteiger partial charge on any atom is -0.393 e. The zero-order valence-electron chi connectivity index (χ0n) is 8.71. The van der Waals surface area contributed by atoms with Crippen molar-refractivity contribution in [3.8, 4) is 0 Å². The van der Waals surface area contributed by atoms with E-state index in [1.807, 2.05) is 13.8 Å². The number of aliphatic hydroxyl groups is 2. The maximum Gasteiger partial charge on any atom is 0.0895 e. The molecule has 0 amide bonds. The van der Waals surface area contributed by atoms with Crippen LogP contribution in [0, 0.1) is 5.92 Å². The van der Waals surface area contributed by atoms with Gasteiger partial charge in [-0.05, 0) is 32.6 Å². The van der Waals surface area contributed by atoms with Gasteiger partial charge in [0.25, 0.3) is 0 Å². The molecule has 1 saturated heterocycles. The van der Waals surface area contributed by atoms with Crippen molar-refractivity contribution in [3.05, 3.63) is 0 Å². The Morgan fingerprint density at radius 2 is 1.54 bits per heavy atom. The average molecular weight is 188 g/mol. The topological polar surface area (TPSA) is 49.7 Å². The van der Waals surface area contributed by atoms with Crippen molar-refractivity contribution in [2.45, 2.75) is 44.8 Å². The van der Waals surface area contributed by atoms with E-state index in [0.29, 0.717) is 5.92 Å². The van der Waals surface area contributed by atoms with Crippen LogP contribution >= 0.6 is 0 Å². The van der Waals surface area contributed by atoms with Crippen LogP contribution in [0.2, 0.25) is 0 Å². The Labute approximate surface area is 79.7 Å². The quantitative estimate of drug-likeness (QED) is 0.678. The highest BCUT2D eigenvalue weighted by Crippen LogP contribution is 2.38. The Morgan fingerprint density at radius 3 is 1.85 bits per heavy atom. The van der Waals surface area contributed by atoms with Crippen molar-refractivity contribution in [1.82, 2.24) is 0 Å². The van der Waals surface area contributed by atoms with Gasteiger partial charge in [0.2, 0.25) is 0 Å². The second-order valence-corrected chi connectivity index (χ2v) is 4.83. The van der Waals surface area contributed by atoms with Crippen LogP contribution in [0.15, 0.2) is 0 Å². The third-order valence-corrected chi connectivity index (χ3v) is 2.72. The van der Waals surface area contributed by atoms with Gasteiger partial charge in [0.15, 0.2) is 0 Å². The molecule has 0 unspecified atom stereocenters. The summed E-state index contributed by atoms with van der Waals surface area (Å²) in [6.45, 7) is 5.97. The lowest BCUT2D eigenvalue weighted by Crippen LogP contribution is -2.51. The largest absolute Gasteiger partial charge is 0.393 e. The summed E-state index contributed by atoms with van der Waals surface area (Å²) in [4.78, 5) is 0. The van der Waals surface area contributed by atoms with Crippen LogP contribution in [0.1, 0.15) is 33.6 Å². The van der Waals surface area contributed by atoms with Gasteiger partial charge < -0.3 is 14.9 Å². The molecule has 1 aliphatic heterocycles. The van der Waals surface area contributed by atoms with Crippen LogP contribution in [-0.4, -0.2) is 34.6 Å². The molecule has 0 aromatic carbocycles. The van der Waals surface area contributed by atoms with Gasteiger partial charge in [-0.15, -0.1) is 0 Å². The lowest BCUT2D eigenvalue weighted by Gasteiger charge is -2.46. The summed E-state index contributed by atoms with van der Waals surface area (Å²) < 4.78 is 5.73. The van der Waals surface area contributed by atoms with Crippen molar-refractivity contribution >= 4 is 0 Å². The maximum atomic E-state index is 9.19. The number of rotatable bonds is 2. The van der Waals surface area contributed by atoms with Crippen LogP contribution < -0.4 is 0 Å². The molecule has 3 nitrogen and oxygen atoms in total. The maximum absolute atomic E-state index is 9.19. The van der Waals surface area contributed by atoms with Crippen LogP contribution in [-0.2, 0) is 4.74 Å². The van der Waals surface area contributed by atoms with E-state index in [4.69, 9.17) is 4.74 Å². The van der Waals surface area contributed by atoms with Crippen molar-refractivity contribution in [2.75, 3.05) is 13.2 Å². The summed E-state index contributed by atoms with van der Waals surface area (Å²) in [7, 11) is 0. The van der Waals surface area contributed by atoms with E-state index in [2.05, 4.69) is 6.92 Å². The molecule has 0 spiro atoms. The molecule has 0 aromatic rings. The number of aliphatic hydroxyl groups excluding tert-OH is 2. The fourth-order valence-electron chi connectivity index (χ4n) is 2.42. The van der Waals surface area contributed by atoms with Gasteiger partial charge in [0.1, 0.15) is 0 Å². The number of ether oxygens (including phenoxy) is 1. The molecule has 3 heteroatoms. The predicted molar refractivity (Wildman–Crippen MR) is 50.5 cm³/mol. The molecule has 78 valence electrons. The van der Waals surface area contributed by atoms with Crippen molar-refractivity contribution in [3.63, 3.8) is 0 Å². The lowest BCUT2D eigenvalue weighted by atomic mass is 9.81. The van der Waals surface area contributed by atoms with E-state index in [1.165, 1.54) is 0 Å². The predicted octanol–water partition coefficient (Wildman–Crippen LogP) is 0.935. The van der Waals surface area contributed by atoms with Gasteiger partial charge in [-0.25, -0.2) is 0 Å². The highest BCUT2D eigenvalue weighted by atomic mass is 16.5. The van der Waals surface area contributed by atoms with Gasteiger partial charge in [-0.2, -0.15) is 0 Å². The third-order valence-electron chi connectivity index (χ3n) is 2.72. The molecule has 0 aromatic heterocycles. The first kappa shape index (κ1) is 11.0. The highest BCUT2D eigenvalue weighted by molar-refractivity contribution is 4.91. The van der Waals surface area contributed by atoms with E-state index in [1.54, 1.807) is 0 Å². The minimum atomic E-state index is -0.477. The summed E-state index contributed by atoms with van der Waals surface area (Å²) >= 11 is 0. The molecular weight excluding hydrogens is 168 g/mol. The molecule has 1 fully saturated rings. The molecule has 1 aliphatic rings. The Morgan fingerprint density at radius 1 is 1.15 bits per heavy atom. The van der Waals surface area contributed by atoms with Gasteiger partial charge in [-0.1, -0.05) is 6.92 Å². The standard InChI is InChI=1S/C10H20O3/c1-8-4-9(2,6-11)13-10(3,5-8)7-12/h8,11-12H,4-7H2,1-3H3/t8-,9+,10-. The van der Waals surface area contributed by atoms with E-state index in [0.717, 1.165) is 12.8 Å². The first-order valence-corrected chi connectivity index (χ1v) is 4.85. The third kappa shape index (κ3) is 2.42. The molecule has 0 bridgehead atoms. The van der Waals surface area contributed by atoms with Crippen molar-refractivity contribution < 1.29 is 14.9 Å². The summed E-state index contributed by atoms with van der Waals surface area (Å²) in [6, 6.07) is 0. The normalized spacial score (nSPS) is 46.4. The Balaban J connectivity index is 2.73. The first-order chi connectivity index (χ1) is 5.93. The fourth-order valence-corrected chi connectivity index (χ4v) is 2.42. The summed E-state index contributed by atoms with van der Waals surface area (Å²) in [6.07, 6.45) is 1.72. The molecule has 3 atom stereocenters. The van der Waals surface area contributed by atoms with Gasteiger partial charge >= 0.3 is 0 Å². The second kappa shape index (κ2) is 3.56. The van der Waals surface area contributed by atoms with Gasteiger partial charge in [0, 0.05) is 0 Å². The first-order valence-electron chi connectivity index (χ1n) is 4.85.